The summed E-state index contributed by atoms with van der Waals surface area (Å²) in [5, 5.41) is 2.31. The minimum absolute atomic E-state index is 0.0143. The normalized spacial score (nSPS) is 20.8. The molecule has 0 spiro atoms. The summed E-state index contributed by atoms with van der Waals surface area (Å²) in [6, 6.07) is 0. The maximum absolute atomic E-state index is 5.38. The summed E-state index contributed by atoms with van der Waals surface area (Å²) in [5.74, 6) is 0. The minimum Gasteiger partial charge on any atom is -0.379 e. The van der Waals surface area contributed by atoms with E-state index in [2.05, 4.69) is 36.2 Å². The maximum Gasteiger partial charge on any atom is 0.0635 e. The number of hydrogen-bond acceptors (Lipinski definition) is 4. The molecule has 1 aliphatic rings. The molecular weight excluding hydrogens is 190 g/mol. The van der Waals surface area contributed by atoms with Gasteiger partial charge in [-0.25, -0.2) is 5.01 Å². The Morgan fingerprint density at radius 1 is 1.20 bits per heavy atom. The Morgan fingerprint density at radius 3 is 2.33 bits per heavy atom. The standard InChI is InChI=1S/C11H25N3O/c1-11(2,15-4)5-6-12-14-9-7-13(3)8-10-14/h12H,5-10H2,1-4H3. The number of ether oxygens (including phenoxy) is 1. The molecule has 15 heavy (non-hydrogen) atoms. The van der Waals surface area contributed by atoms with Crippen molar-refractivity contribution in [1.29, 1.82) is 0 Å². The van der Waals surface area contributed by atoms with Gasteiger partial charge in [-0.15, -0.1) is 0 Å². The van der Waals surface area contributed by atoms with E-state index >= 15 is 0 Å². The van der Waals surface area contributed by atoms with E-state index in [0.29, 0.717) is 0 Å². The van der Waals surface area contributed by atoms with Crippen LogP contribution in [0.5, 0.6) is 0 Å². The third-order valence-corrected chi connectivity index (χ3v) is 3.12. The second-order valence-corrected chi connectivity index (χ2v) is 4.91. The second kappa shape index (κ2) is 5.80. The van der Waals surface area contributed by atoms with E-state index in [1.54, 1.807) is 7.11 Å². The van der Waals surface area contributed by atoms with Gasteiger partial charge in [0.25, 0.3) is 0 Å². The lowest BCUT2D eigenvalue weighted by molar-refractivity contribution is 0.00818. The lowest BCUT2D eigenvalue weighted by Gasteiger charge is -2.33. The molecule has 0 saturated carbocycles. The van der Waals surface area contributed by atoms with Crippen LogP contribution in [0.1, 0.15) is 20.3 Å². The summed E-state index contributed by atoms with van der Waals surface area (Å²) in [7, 11) is 3.95. The topological polar surface area (TPSA) is 27.7 Å². The van der Waals surface area contributed by atoms with Crippen molar-refractivity contribution in [3.63, 3.8) is 0 Å². The van der Waals surface area contributed by atoms with Crippen LogP contribution >= 0.6 is 0 Å². The summed E-state index contributed by atoms with van der Waals surface area (Å²) in [6.07, 6.45) is 1.04. The van der Waals surface area contributed by atoms with Gasteiger partial charge in [0.15, 0.2) is 0 Å². The van der Waals surface area contributed by atoms with Crippen LogP contribution in [0.3, 0.4) is 0 Å². The highest BCUT2D eigenvalue weighted by Crippen LogP contribution is 2.11. The number of nitrogens with one attached hydrogen (secondary N) is 1. The Balaban J connectivity index is 2.10. The van der Waals surface area contributed by atoms with Crippen molar-refractivity contribution in [2.75, 3.05) is 46.9 Å². The van der Waals surface area contributed by atoms with Gasteiger partial charge in [0, 0.05) is 39.8 Å². The molecule has 0 amide bonds. The molecule has 0 bridgehead atoms. The first kappa shape index (κ1) is 12.9. The van der Waals surface area contributed by atoms with Crippen molar-refractivity contribution in [3.05, 3.63) is 0 Å². The number of likely N-dealkylation sites (N-methyl/N-ethyl adjacent to an activating group) is 1. The number of methoxy groups -OCH3 is 1. The molecule has 1 heterocycles. The van der Waals surface area contributed by atoms with Crippen molar-refractivity contribution < 1.29 is 4.74 Å². The van der Waals surface area contributed by atoms with Crippen LogP contribution in [0.25, 0.3) is 0 Å². The van der Waals surface area contributed by atoms with E-state index in [1.807, 2.05) is 0 Å². The predicted molar refractivity (Wildman–Crippen MR) is 62.8 cm³/mol. The molecule has 0 unspecified atom stereocenters. The van der Waals surface area contributed by atoms with Gasteiger partial charge >= 0.3 is 0 Å². The zero-order chi connectivity index (χ0) is 11.3. The zero-order valence-corrected chi connectivity index (χ0v) is 10.5. The van der Waals surface area contributed by atoms with Gasteiger partial charge in [0.05, 0.1) is 5.60 Å². The Kier molecular flexibility index (Phi) is 4.99. The summed E-state index contributed by atoms with van der Waals surface area (Å²) in [4.78, 5) is 2.36. The quantitative estimate of drug-likeness (QED) is 0.725. The molecule has 0 aliphatic carbocycles. The lowest BCUT2D eigenvalue weighted by Crippen LogP contribution is -2.51. The molecule has 90 valence electrons. The van der Waals surface area contributed by atoms with Gasteiger partial charge in [-0.3, -0.25) is 5.43 Å². The average Bonchev–Trinajstić information content (AvgIpc) is 2.21. The molecule has 1 fully saturated rings. The minimum atomic E-state index is -0.0143. The number of rotatable bonds is 5. The third-order valence-electron chi connectivity index (χ3n) is 3.12. The highest BCUT2D eigenvalue weighted by Gasteiger charge is 2.17. The van der Waals surface area contributed by atoms with Gasteiger partial charge in [0.1, 0.15) is 0 Å². The van der Waals surface area contributed by atoms with E-state index < -0.39 is 0 Å². The van der Waals surface area contributed by atoms with E-state index in [9.17, 15) is 0 Å². The van der Waals surface area contributed by atoms with Crippen LogP contribution in [0.15, 0.2) is 0 Å². The van der Waals surface area contributed by atoms with Crippen molar-refractivity contribution in [3.8, 4) is 0 Å². The molecular formula is C11H25N3O. The van der Waals surface area contributed by atoms with Crippen LogP contribution in [-0.4, -0.2) is 62.4 Å². The van der Waals surface area contributed by atoms with E-state index in [0.717, 1.165) is 39.1 Å². The van der Waals surface area contributed by atoms with Gasteiger partial charge in [-0.1, -0.05) is 0 Å². The first-order valence-electron chi connectivity index (χ1n) is 5.76. The van der Waals surface area contributed by atoms with Crippen LogP contribution in [-0.2, 0) is 4.74 Å². The van der Waals surface area contributed by atoms with Gasteiger partial charge in [-0.05, 0) is 27.3 Å². The molecule has 1 aliphatic heterocycles. The molecule has 0 aromatic rings. The van der Waals surface area contributed by atoms with Gasteiger partial charge < -0.3 is 9.64 Å². The monoisotopic (exact) mass is 215 g/mol. The van der Waals surface area contributed by atoms with E-state index in [1.165, 1.54) is 0 Å². The molecule has 4 heteroatoms. The SMILES string of the molecule is COC(C)(C)CCNN1CCN(C)CC1. The van der Waals surface area contributed by atoms with Gasteiger partial charge in [-0.2, -0.15) is 0 Å². The molecule has 4 nitrogen and oxygen atoms in total. The highest BCUT2D eigenvalue weighted by molar-refractivity contribution is 4.70. The van der Waals surface area contributed by atoms with Crippen LogP contribution in [0.2, 0.25) is 0 Å². The molecule has 0 radical (unpaired) electrons. The number of piperazine rings is 1. The van der Waals surface area contributed by atoms with Crippen LogP contribution in [0, 0.1) is 0 Å². The summed E-state index contributed by atoms with van der Waals surface area (Å²) in [6.45, 7) is 9.77. The average molecular weight is 215 g/mol. The van der Waals surface area contributed by atoms with Crippen LogP contribution < -0.4 is 5.43 Å². The molecule has 0 aromatic carbocycles. The van der Waals surface area contributed by atoms with Crippen LogP contribution in [0.4, 0.5) is 0 Å². The first-order valence-corrected chi connectivity index (χ1v) is 5.76. The fourth-order valence-electron chi connectivity index (χ4n) is 1.58. The Hall–Kier alpha value is -0.160. The Labute approximate surface area is 93.5 Å². The largest absolute Gasteiger partial charge is 0.379 e. The van der Waals surface area contributed by atoms with E-state index in [-0.39, 0.29) is 5.60 Å². The molecule has 1 saturated heterocycles. The van der Waals surface area contributed by atoms with E-state index in [4.69, 9.17) is 4.74 Å². The number of hydrazine groups is 1. The molecule has 1 N–H and O–H groups in total. The molecule has 1 rings (SSSR count). The second-order valence-electron chi connectivity index (χ2n) is 4.91. The lowest BCUT2D eigenvalue weighted by atomic mass is 10.1. The zero-order valence-electron chi connectivity index (χ0n) is 10.5. The predicted octanol–water partition coefficient (Wildman–Crippen LogP) is 0.554. The van der Waals surface area contributed by atoms with Crippen molar-refractivity contribution >= 4 is 0 Å². The number of nitrogens with zero attached hydrogens (tertiary/aromatic N) is 2. The Morgan fingerprint density at radius 2 is 1.80 bits per heavy atom. The maximum atomic E-state index is 5.38. The summed E-state index contributed by atoms with van der Waals surface area (Å²) < 4.78 is 5.38. The smallest absolute Gasteiger partial charge is 0.0635 e. The highest BCUT2D eigenvalue weighted by atomic mass is 16.5. The van der Waals surface area contributed by atoms with Gasteiger partial charge in [0.2, 0.25) is 0 Å². The summed E-state index contributed by atoms with van der Waals surface area (Å²) in [5.41, 5.74) is 3.44. The van der Waals surface area contributed by atoms with Crippen molar-refractivity contribution in [2.24, 2.45) is 0 Å². The van der Waals surface area contributed by atoms with Crippen molar-refractivity contribution in [2.45, 2.75) is 25.9 Å². The molecule has 0 atom stereocenters. The molecule has 0 aromatic heterocycles. The van der Waals surface area contributed by atoms with Crippen molar-refractivity contribution in [1.82, 2.24) is 15.3 Å². The number of hydrogen-bond donors (Lipinski definition) is 1. The fourth-order valence-corrected chi connectivity index (χ4v) is 1.58. The summed E-state index contributed by atoms with van der Waals surface area (Å²) >= 11 is 0. The third kappa shape index (κ3) is 4.93. The first-order chi connectivity index (χ1) is 7.03. The fraction of sp³-hybridized carbons (Fsp3) is 1.00. The Bertz CT molecular complexity index is 177.